The molecule has 1 amide bonds. The third-order valence-corrected chi connectivity index (χ3v) is 3.80. The van der Waals surface area contributed by atoms with Gasteiger partial charge in [-0.15, -0.1) is 0 Å². The summed E-state index contributed by atoms with van der Waals surface area (Å²) in [4.78, 5) is 16.5. The monoisotopic (exact) mass is 282 g/mol. The molecule has 0 aliphatic heterocycles. The molecule has 1 aliphatic carbocycles. The minimum Gasteiger partial charge on any atom is -0.494 e. The second kappa shape index (κ2) is 5.56. The average Bonchev–Trinajstić information content (AvgIpc) is 3.27. The van der Waals surface area contributed by atoms with Crippen LogP contribution in [0.5, 0.6) is 5.75 Å². The van der Waals surface area contributed by atoms with Crippen LogP contribution in [0.1, 0.15) is 34.0 Å². The summed E-state index contributed by atoms with van der Waals surface area (Å²) in [6.07, 6.45) is 2.58. The fourth-order valence-electron chi connectivity index (χ4n) is 2.56. The van der Waals surface area contributed by atoms with E-state index in [4.69, 9.17) is 4.74 Å². The van der Waals surface area contributed by atoms with Gasteiger partial charge in [-0.3, -0.25) is 9.78 Å². The lowest BCUT2D eigenvalue weighted by Crippen LogP contribution is -2.27. The number of hydrogen-bond donors (Lipinski definition) is 1. The van der Waals surface area contributed by atoms with E-state index >= 15 is 0 Å². The molecule has 4 heteroatoms. The molecule has 3 rings (SSSR count). The van der Waals surface area contributed by atoms with Crippen LogP contribution in [0.25, 0.3) is 0 Å². The van der Waals surface area contributed by atoms with Gasteiger partial charge in [0.25, 0.3) is 5.91 Å². The second-order valence-electron chi connectivity index (χ2n) is 5.36. The van der Waals surface area contributed by atoms with E-state index in [1.54, 1.807) is 19.4 Å². The van der Waals surface area contributed by atoms with E-state index < -0.39 is 0 Å². The Morgan fingerprint density at radius 1 is 1.33 bits per heavy atom. The van der Waals surface area contributed by atoms with E-state index in [1.165, 1.54) is 5.56 Å². The molecule has 0 spiro atoms. The molecule has 4 nitrogen and oxygen atoms in total. The van der Waals surface area contributed by atoms with Crippen molar-refractivity contribution in [2.24, 2.45) is 0 Å². The number of nitrogens with one attached hydrogen (secondary N) is 1. The van der Waals surface area contributed by atoms with Crippen molar-refractivity contribution in [1.29, 1.82) is 0 Å². The predicted molar refractivity (Wildman–Crippen MR) is 80.6 cm³/mol. The Labute approximate surface area is 124 Å². The van der Waals surface area contributed by atoms with Crippen molar-refractivity contribution in [3.8, 4) is 5.75 Å². The maximum Gasteiger partial charge on any atom is 0.255 e. The molecule has 2 aromatic rings. The van der Waals surface area contributed by atoms with E-state index in [-0.39, 0.29) is 11.9 Å². The van der Waals surface area contributed by atoms with Gasteiger partial charge in [0.2, 0.25) is 0 Å². The molecule has 0 saturated heterocycles. The van der Waals surface area contributed by atoms with Crippen LogP contribution in [0.3, 0.4) is 0 Å². The fraction of sp³-hybridized carbons (Fsp3) is 0.294. The molecule has 1 aromatic heterocycles. The molecule has 1 saturated carbocycles. The molecule has 0 unspecified atom stereocenters. The lowest BCUT2D eigenvalue weighted by molar-refractivity contribution is 0.0947. The number of hydrogen-bond acceptors (Lipinski definition) is 3. The summed E-state index contributed by atoms with van der Waals surface area (Å²) in [5.74, 6) is 0.833. The summed E-state index contributed by atoms with van der Waals surface area (Å²) in [7, 11) is 1.55. The zero-order valence-corrected chi connectivity index (χ0v) is 12.2. The SMILES string of the molecule is COc1cnc(C)cc1C(=O)N[C@@H]1C[C@H]1c1ccccc1. The van der Waals surface area contributed by atoms with Crippen LogP contribution in [0, 0.1) is 6.92 Å². The number of benzene rings is 1. The van der Waals surface area contributed by atoms with Gasteiger partial charge in [0.15, 0.2) is 0 Å². The minimum absolute atomic E-state index is 0.0965. The van der Waals surface area contributed by atoms with Gasteiger partial charge in [-0.1, -0.05) is 30.3 Å². The molecule has 1 heterocycles. The molecule has 0 bridgehead atoms. The van der Waals surface area contributed by atoms with Crippen molar-refractivity contribution in [3.05, 3.63) is 59.4 Å². The zero-order chi connectivity index (χ0) is 14.8. The van der Waals surface area contributed by atoms with Crippen molar-refractivity contribution in [2.75, 3.05) is 7.11 Å². The molecule has 1 aliphatic rings. The minimum atomic E-state index is -0.0965. The van der Waals surface area contributed by atoms with Crippen molar-refractivity contribution in [2.45, 2.75) is 25.3 Å². The highest BCUT2D eigenvalue weighted by Gasteiger charge is 2.39. The highest BCUT2D eigenvalue weighted by molar-refractivity contribution is 5.97. The first-order valence-electron chi connectivity index (χ1n) is 7.05. The molecular weight excluding hydrogens is 264 g/mol. The van der Waals surface area contributed by atoms with Gasteiger partial charge in [0.1, 0.15) is 5.75 Å². The molecule has 0 radical (unpaired) electrons. The Balaban J connectivity index is 1.70. The van der Waals surface area contributed by atoms with Crippen LogP contribution < -0.4 is 10.1 Å². The standard InChI is InChI=1S/C17H18N2O2/c1-11-8-14(16(21-2)10-18-11)17(20)19-15-9-13(15)12-6-4-3-5-7-12/h3-8,10,13,15H,9H2,1-2H3,(H,19,20)/t13-,15+/m0/s1. The number of aryl methyl sites for hydroxylation is 1. The van der Waals surface area contributed by atoms with E-state index in [2.05, 4.69) is 22.4 Å². The lowest BCUT2D eigenvalue weighted by Gasteiger charge is -2.09. The average molecular weight is 282 g/mol. The predicted octanol–water partition coefficient (Wildman–Crippen LogP) is 2.68. The van der Waals surface area contributed by atoms with Crippen LogP contribution in [0.4, 0.5) is 0 Å². The molecular formula is C17H18N2O2. The number of carbonyl (C=O) groups is 1. The Bertz CT molecular complexity index is 655. The third-order valence-electron chi connectivity index (χ3n) is 3.80. The number of methoxy groups -OCH3 is 1. The number of rotatable bonds is 4. The Morgan fingerprint density at radius 3 is 2.81 bits per heavy atom. The number of ether oxygens (including phenoxy) is 1. The van der Waals surface area contributed by atoms with Crippen LogP contribution in [0.2, 0.25) is 0 Å². The zero-order valence-electron chi connectivity index (χ0n) is 12.2. The number of nitrogens with zero attached hydrogens (tertiary/aromatic N) is 1. The first-order chi connectivity index (χ1) is 10.2. The summed E-state index contributed by atoms with van der Waals surface area (Å²) in [6, 6.07) is 12.2. The third kappa shape index (κ3) is 2.89. The summed E-state index contributed by atoms with van der Waals surface area (Å²) < 4.78 is 5.21. The first-order valence-corrected chi connectivity index (χ1v) is 7.05. The van der Waals surface area contributed by atoms with Crippen molar-refractivity contribution in [3.63, 3.8) is 0 Å². The molecule has 1 fully saturated rings. The van der Waals surface area contributed by atoms with Crippen LogP contribution in [0.15, 0.2) is 42.6 Å². The fourth-order valence-corrected chi connectivity index (χ4v) is 2.56. The van der Waals surface area contributed by atoms with Crippen molar-refractivity contribution in [1.82, 2.24) is 10.3 Å². The van der Waals surface area contributed by atoms with E-state index in [0.717, 1.165) is 12.1 Å². The van der Waals surface area contributed by atoms with Gasteiger partial charge in [-0.2, -0.15) is 0 Å². The molecule has 21 heavy (non-hydrogen) atoms. The Kier molecular flexibility index (Phi) is 3.60. The second-order valence-corrected chi connectivity index (χ2v) is 5.36. The van der Waals surface area contributed by atoms with Gasteiger partial charge in [-0.05, 0) is 25.0 Å². The normalized spacial score (nSPS) is 19.9. The van der Waals surface area contributed by atoms with E-state index in [0.29, 0.717) is 17.2 Å². The van der Waals surface area contributed by atoms with E-state index in [9.17, 15) is 4.79 Å². The quantitative estimate of drug-likeness (QED) is 0.938. The lowest BCUT2D eigenvalue weighted by atomic mass is 10.1. The van der Waals surface area contributed by atoms with Gasteiger partial charge in [0, 0.05) is 17.7 Å². The summed E-state index contributed by atoms with van der Waals surface area (Å²) in [6.45, 7) is 1.86. The van der Waals surface area contributed by atoms with Gasteiger partial charge in [0.05, 0.1) is 18.9 Å². The Hall–Kier alpha value is -2.36. The number of pyridine rings is 1. The maximum atomic E-state index is 12.4. The largest absolute Gasteiger partial charge is 0.494 e. The highest BCUT2D eigenvalue weighted by Crippen LogP contribution is 2.40. The molecule has 2 atom stereocenters. The molecule has 1 aromatic carbocycles. The molecule has 108 valence electrons. The number of carbonyl (C=O) groups excluding carboxylic acids is 1. The van der Waals surface area contributed by atoms with Crippen LogP contribution >= 0.6 is 0 Å². The number of aromatic nitrogens is 1. The number of amides is 1. The smallest absolute Gasteiger partial charge is 0.255 e. The van der Waals surface area contributed by atoms with Gasteiger partial charge in [-0.25, -0.2) is 0 Å². The first kappa shape index (κ1) is 13.6. The summed E-state index contributed by atoms with van der Waals surface area (Å²) in [5, 5.41) is 3.07. The van der Waals surface area contributed by atoms with Crippen molar-refractivity contribution < 1.29 is 9.53 Å². The topological polar surface area (TPSA) is 51.2 Å². The van der Waals surface area contributed by atoms with Crippen LogP contribution in [-0.4, -0.2) is 24.0 Å². The summed E-state index contributed by atoms with van der Waals surface area (Å²) in [5.41, 5.74) is 2.63. The van der Waals surface area contributed by atoms with E-state index in [1.807, 2.05) is 25.1 Å². The van der Waals surface area contributed by atoms with Crippen molar-refractivity contribution >= 4 is 5.91 Å². The van der Waals surface area contributed by atoms with Gasteiger partial charge >= 0.3 is 0 Å². The Morgan fingerprint density at radius 2 is 2.10 bits per heavy atom. The molecule has 1 N–H and O–H groups in total. The van der Waals surface area contributed by atoms with Gasteiger partial charge < -0.3 is 10.1 Å². The highest BCUT2D eigenvalue weighted by atomic mass is 16.5. The van der Waals surface area contributed by atoms with Crippen LogP contribution in [-0.2, 0) is 0 Å². The summed E-state index contributed by atoms with van der Waals surface area (Å²) >= 11 is 0. The maximum absolute atomic E-state index is 12.4.